The van der Waals surface area contributed by atoms with Crippen LogP contribution >= 0.6 is 11.5 Å². The van der Waals surface area contributed by atoms with Gasteiger partial charge < -0.3 is 0 Å². The molecule has 0 amide bonds. The van der Waals surface area contributed by atoms with Gasteiger partial charge in [0.1, 0.15) is 5.69 Å². The number of benzene rings is 2. The van der Waals surface area contributed by atoms with Crippen molar-refractivity contribution in [3.05, 3.63) is 98.5 Å². The second-order valence-electron chi connectivity index (χ2n) is 6.85. The van der Waals surface area contributed by atoms with Crippen LogP contribution in [0, 0.1) is 0 Å². The van der Waals surface area contributed by atoms with Crippen LogP contribution in [0.4, 0.5) is 13.2 Å². The molecule has 162 valence electrons. The number of carbonyl (C=O) groups excluding carboxylic acids is 1. The Bertz CT molecular complexity index is 1480. The molecule has 4 aromatic rings. The molecule has 2 heterocycles. The van der Waals surface area contributed by atoms with E-state index in [-0.39, 0.29) is 11.5 Å². The number of hydrogen-bond acceptors (Lipinski definition) is 5. The molecule has 0 atom stereocenters. The summed E-state index contributed by atoms with van der Waals surface area (Å²) in [7, 11) is 0.954. The molecule has 0 spiro atoms. The van der Waals surface area contributed by atoms with Crippen molar-refractivity contribution in [1.82, 2.24) is 13.5 Å². The fourth-order valence-electron chi connectivity index (χ4n) is 3.19. The number of rotatable bonds is 4. The Hall–Kier alpha value is -3.79. The Balaban J connectivity index is 1.78. The summed E-state index contributed by atoms with van der Waals surface area (Å²) in [5.41, 5.74) is -2.51. The van der Waals surface area contributed by atoms with Crippen molar-refractivity contribution in [1.29, 1.82) is 0 Å². The van der Waals surface area contributed by atoms with Gasteiger partial charge in [0.2, 0.25) is 0 Å². The Kier molecular flexibility index (Phi) is 5.39. The van der Waals surface area contributed by atoms with Crippen LogP contribution in [0.15, 0.2) is 70.3 Å². The number of ketones is 1. The Morgan fingerprint density at radius 2 is 1.78 bits per heavy atom. The van der Waals surface area contributed by atoms with E-state index < -0.39 is 23.1 Å². The summed E-state index contributed by atoms with van der Waals surface area (Å²) in [6.45, 7) is 0. The molecule has 0 unspecified atom stereocenters. The third kappa shape index (κ3) is 3.92. The first-order valence-corrected chi connectivity index (χ1v) is 10.0. The monoisotopic (exact) mass is 457 g/mol. The van der Waals surface area contributed by atoms with Gasteiger partial charge in [-0.15, -0.1) is 0 Å². The smallest absolute Gasteiger partial charge is 0.292 e. The van der Waals surface area contributed by atoms with E-state index >= 15 is 0 Å². The molecule has 4 rings (SSSR count). The molecule has 0 radical (unpaired) electrons. The maximum Gasteiger partial charge on any atom is 0.431 e. The Morgan fingerprint density at radius 3 is 2.47 bits per heavy atom. The standard InChI is InChI=1S/C22H14F3N3O3S/c1-27-19(22(23,24)25)12-20(30)28(21(27)31)14-7-10-18-15(11-14)16(26-32-18)8-9-17(29)13-5-3-2-4-6-13/h2-12H,1H3. The van der Waals surface area contributed by atoms with Crippen LogP contribution in [-0.2, 0) is 13.2 Å². The molecule has 2 aromatic heterocycles. The Labute approximate surface area is 182 Å². The number of aromatic nitrogens is 3. The molecule has 0 aliphatic carbocycles. The van der Waals surface area contributed by atoms with E-state index in [1.807, 2.05) is 0 Å². The summed E-state index contributed by atoms with van der Waals surface area (Å²) in [6.07, 6.45) is -1.96. The van der Waals surface area contributed by atoms with E-state index in [9.17, 15) is 27.6 Å². The van der Waals surface area contributed by atoms with E-state index in [1.54, 1.807) is 36.4 Å². The zero-order chi connectivity index (χ0) is 23.0. The number of hydrogen-bond donors (Lipinski definition) is 0. The average molecular weight is 457 g/mol. The summed E-state index contributed by atoms with van der Waals surface area (Å²) in [6, 6.07) is 13.6. The minimum absolute atomic E-state index is 0.0982. The molecule has 0 aliphatic rings. The van der Waals surface area contributed by atoms with Crippen LogP contribution in [0.25, 0.3) is 21.8 Å². The molecule has 32 heavy (non-hydrogen) atoms. The lowest BCUT2D eigenvalue weighted by Crippen LogP contribution is -2.40. The van der Waals surface area contributed by atoms with Crippen molar-refractivity contribution in [2.75, 3.05) is 0 Å². The minimum atomic E-state index is -4.84. The molecular weight excluding hydrogens is 443 g/mol. The molecular formula is C22H14F3N3O3S. The molecule has 0 fully saturated rings. The van der Waals surface area contributed by atoms with Gasteiger partial charge in [0.05, 0.1) is 16.1 Å². The molecule has 0 aliphatic heterocycles. The predicted octanol–water partition coefficient (Wildman–Crippen LogP) is 4.06. The number of carbonyl (C=O) groups is 1. The SMILES string of the molecule is Cn1c(C(F)(F)F)cc(=O)n(-c2ccc3snc(C=CC(=O)c4ccccc4)c3c2)c1=O. The highest BCUT2D eigenvalue weighted by molar-refractivity contribution is 7.13. The van der Waals surface area contributed by atoms with Gasteiger partial charge in [0.25, 0.3) is 5.56 Å². The molecule has 0 saturated heterocycles. The summed E-state index contributed by atoms with van der Waals surface area (Å²) in [4.78, 5) is 37.2. The third-order valence-corrected chi connectivity index (χ3v) is 5.64. The second-order valence-corrected chi connectivity index (χ2v) is 7.66. The second kappa shape index (κ2) is 8.04. The molecule has 0 bridgehead atoms. The lowest BCUT2D eigenvalue weighted by atomic mass is 10.1. The van der Waals surface area contributed by atoms with Gasteiger partial charge in [-0.1, -0.05) is 30.3 Å². The van der Waals surface area contributed by atoms with E-state index in [0.717, 1.165) is 23.3 Å². The first-order chi connectivity index (χ1) is 15.2. The van der Waals surface area contributed by atoms with Crippen molar-refractivity contribution >= 4 is 33.5 Å². The number of nitrogens with zero attached hydrogens (tertiary/aromatic N) is 3. The van der Waals surface area contributed by atoms with Crippen molar-refractivity contribution in [2.24, 2.45) is 7.05 Å². The zero-order valence-electron chi connectivity index (χ0n) is 16.5. The Morgan fingerprint density at radius 1 is 1.06 bits per heavy atom. The highest BCUT2D eigenvalue weighted by atomic mass is 32.1. The normalized spacial score (nSPS) is 12.0. The third-order valence-electron chi connectivity index (χ3n) is 4.80. The van der Waals surface area contributed by atoms with Crippen molar-refractivity contribution in [2.45, 2.75) is 6.18 Å². The maximum atomic E-state index is 13.1. The van der Waals surface area contributed by atoms with Crippen LogP contribution in [0.5, 0.6) is 0 Å². The highest BCUT2D eigenvalue weighted by Crippen LogP contribution is 2.28. The van der Waals surface area contributed by atoms with Gasteiger partial charge in [-0.3, -0.25) is 14.2 Å². The fourth-order valence-corrected chi connectivity index (χ4v) is 3.94. The quantitative estimate of drug-likeness (QED) is 0.342. The lowest BCUT2D eigenvalue weighted by Gasteiger charge is -2.13. The van der Waals surface area contributed by atoms with Crippen LogP contribution in [0.3, 0.4) is 0 Å². The van der Waals surface area contributed by atoms with Crippen LogP contribution in [-0.4, -0.2) is 19.3 Å². The summed E-state index contributed by atoms with van der Waals surface area (Å²) >= 11 is 1.15. The molecule has 10 heteroatoms. The van der Waals surface area contributed by atoms with E-state index in [2.05, 4.69) is 4.37 Å². The van der Waals surface area contributed by atoms with Gasteiger partial charge in [-0.2, -0.15) is 17.5 Å². The van der Waals surface area contributed by atoms with E-state index in [4.69, 9.17) is 0 Å². The lowest BCUT2D eigenvalue weighted by molar-refractivity contribution is -0.144. The summed E-state index contributed by atoms with van der Waals surface area (Å²) in [5, 5.41) is 0.554. The first kappa shape index (κ1) is 21.4. The van der Waals surface area contributed by atoms with Gasteiger partial charge >= 0.3 is 11.9 Å². The molecule has 0 saturated carbocycles. The molecule has 0 N–H and O–H groups in total. The number of allylic oxidation sites excluding steroid dienone is 1. The van der Waals surface area contributed by atoms with Crippen LogP contribution in [0.2, 0.25) is 0 Å². The van der Waals surface area contributed by atoms with E-state index in [0.29, 0.717) is 31.8 Å². The average Bonchev–Trinajstić information content (AvgIpc) is 3.17. The number of halogens is 3. The van der Waals surface area contributed by atoms with Crippen molar-refractivity contribution in [3.8, 4) is 5.69 Å². The topological polar surface area (TPSA) is 74.0 Å². The summed E-state index contributed by atoms with van der Waals surface area (Å²) in [5.74, 6) is -0.226. The first-order valence-electron chi connectivity index (χ1n) is 9.24. The van der Waals surface area contributed by atoms with Gasteiger partial charge in [-0.25, -0.2) is 9.36 Å². The fraction of sp³-hybridized carbons (Fsp3) is 0.0909. The largest absolute Gasteiger partial charge is 0.431 e. The van der Waals surface area contributed by atoms with Crippen molar-refractivity contribution in [3.63, 3.8) is 0 Å². The molecule has 2 aromatic carbocycles. The molecule has 6 nitrogen and oxygen atoms in total. The van der Waals surface area contributed by atoms with Crippen molar-refractivity contribution < 1.29 is 18.0 Å². The summed E-state index contributed by atoms with van der Waals surface area (Å²) < 4.78 is 45.3. The number of alkyl halides is 3. The van der Waals surface area contributed by atoms with Gasteiger partial charge in [-0.05, 0) is 41.9 Å². The minimum Gasteiger partial charge on any atom is -0.292 e. The van der Waals surface area contributed by atoms with Gasteiger partial charge in [0.15, 0.2) is 5.78 Å². The van der Waals surface area contributed by atoms with Crippen LogP contribution in [0.1, 0.15) is 21.7 Å². The zero-order valence-corrected chi connectivity index (χ0v) is 17.3. The van der Waals surface area contributed by atoms with Crippen LogP contribution < -0.4 is 11.2 Å². The highest BCUT2D eigenvalue weighted by Gasteiger charge is 2.35. The van der Waals surface area contributed by atoms with E-state index in [1.165, 1.54) is 24.3 Å². The van der Waals surface area contributed by atoms with Gasteiger partial charge in [0, 0.05) is 24.1 Å². The maximum absolute atomic E-state index is 13.1. The predicted molar refractivity (Wildman–Crippen MR) is 115 cm³/mol. The number of fused-ring (bicyclic) bond motifs is 1.